The summed E-state index contributed by atoms with van der Waals surface area (Å²) in [6, 6.07) is 10.0. The van der Waals surface area contributed by atoms with Gasteiger partial charge in [-0.3, -0.25) is 20.0 Å². The Hall–Kier alpha value is -2.90. The van der Waals surface area contributed by atoms with Gasteiger partial charge in [-0.1, -0.05) is 18.2 Å². The number of nitro groups is 1. The zero-order valence-corrected chi connectivity index (χ0v) is 13.8. The van der Waals surface area contributed by atoms with E-state index in [-0.39, 0.29) is 17.1 Å². The maximum Gasteiger partial charge on any atom is 0.322 e. The van der Waals surface area contributed by atoms with Crippen LogP contribution in [-0.4, -0.2) is 40.7 Å². The molecule has 0 aliphatic heterocycles. The molecule has 0 spiro atoms. The lowest BCUT2D eigenvalue weighted by atomic mass is 10.2. The molecule has 0 fully saturated rings. The second kappa shape index (κ2) is 8.09. The Morgan fingerprint density at radius 3 is 2.71 bits per heavy atom. The van der Waals surface area contributed by atoms with Crippen molar-refractivity contribution in [2.45, 2.75) is 20.3 Å². The van der Waals surface area contributed by atoms with E-state index < -0.39 is 10.8 Å². The first-order valence-corrected chi connectivity index (χ1v) is 7.82. The van der Waals surface area contributed by atoms with Crippen LogP contribution in [0.5, 0.6) is 0 Å². The summed E-state index contributed by atoms with van der Waals surface area (Å²) in [6.07, 6.45) is 0.728. The lowest BCUT2D eigenvalue weighted by Gasteiger charge is -2.23. The van der Waals surface area contributed by atoms with Crippen LogP contribution in [0.15, 0.2) is 30.3 Å². The summed E-state index contributed by atoms with van der Waals surface area (Å²) in [7, 11) is 0. The van der Waals surface area contributed by atoms with Gasteiger partial charge in [-0.25, -0.2) is 0 Å². The lowest BCUT2D eigenvalue weighted by molar-refractivity contribution is -0.385. The smallest absolute Gasteiger partial charge is 0.322 e. The predicted octanol–water partition coefficient (Wildman–Crippen LogP) is 2.27. The number of aryl methyl sites for hydroxylation is 1. The monoisotopic (exact) mass is 331 g/mol. The molecule has 2 rings (SSSR count). The standard InChI is InChI=1S/C16H21N5O3/c1-3-20(13-8-5-4-6-9-13)11-7-10-17-16(22)14-15(21(23)24)12(2)18-19-14/h4-6,8-9H,3,7,10-11H2,1-2H3,(H,17,22)(H,18,19). The second-order valence-electron chi connectivity index (χ2n) is 5.33. The number of nitrogens with zero attached hydrogens (tertiary/aromatic N) is 3. The van der Waals surface area contributed by atoms with Gasteiger partial charge in [-0.05, 0) is 32.4 Å². The highest BCUT2D eigenvalue weighted by atomic mass is 16.6. The van der Waals surface area contributed by atoms with Crippen molar-refractivity contribution in [3.05, 3.63) is 51.8 Å². The number of amides is 1. The third-order valence-electron chi connectivity index (χ3n) is 3.71. The van der Waals surface area contributed by atoms with E-state index in [0.717, 1.165) is 25.2 Å². The van der Waals surface area contributed by atoms with Crippen LogP contribution in [0, 0.1) is 17.0 Å². The van der Waals surface area contributed by atoms with Crippen molar-refractivity contribution < 1.29 is 9.72 Å². The molecule has 2 aromatic rings. The molecule has 0 atom stereocenters. The molecule has 0 saturated carbocycles. The molecule has 128 valence electrons. The Morgan fingerprint density at radius 2 is 2.08 bits per heavy atom. The van der Waals surface area contributed by atoms with Crippen molar-refractivity contribution in [2.75, 3.05) is 24.5 Å². The lowest BCUT2D eigenvalue weighted by Crippen LogP contribution is -2.30. The Morgan fingerprint density at radius 1 is 1.38 bits per heavy atom. The Balaban J connectivity index is 1.86. The highest BCUT2D eigenvalue weighted by Gasteiger charge is 2.26. The van der Waals surface area contributed by atoms with Gasteiger partial charge in [0.2, 0.25) is 5.69 Å². The maximum absolute atomic E-state index is 12.1. The first-order valence-electron chi connectivity index (χ1n) is 7.82. The van der Waals surface area contributed by atoms with Gasteiger partial charge in [0, 0.05) is 25.3 Å². The number of para-hydroxylation sites is 1. The molecule has 1 aromatic carbocycles. The molecule has 0 aliphatic carbocycles. The third-order valence-corrected chi connectivity index (χ3v) is 3.71. The van der Waals surface area contributed by atoms with E-state index in [9.17, 15) is 14.9 Å². The number of benzene rings is 1. The number of hydrogen-bond donors (Lipinski definition) is 2. The van der Waals surface area contributed by atoms with Crippen LogP contribution in [0.1, 0.15) is 29.5 Å². The molecular weight excluding hydrogens is 310 g/mol. The average molecular weight is 331 g/mol. The highest BCUT2D eigenvalue weighted by molar-refractivity contribution is 5.96. The van der Waals surface area contributed by atoms with Crippen LogP contribution in [0.2, 0.25) is 0 Å². The van der Waals surface area contributed by atoms with Crippen LogP contribution >= 0.6 is 0 Å². The first-order chi connectivity index (χ1) is 11.5. The number of hydrogen-bond acceptors (Lipinski definition) is 5. The largest absolute Gasteiger partial charge is 0.372 e. The van der Waals surface area contributed by atoms with Crippen LogP contribution < -0.4 is 10.2 Å². The minimum absolute atomic E-state index is 0.173. The van der Waals surface area contributed by atoms with E-state index in [1.807, 2.05) is 30.3 Å². The molecule has 8 nitrogen and oxygen atoms in total. The SMILES string of the molecule is CCN(CCCNC(=O)c1n[nH]c(C)c1[N+](=O)[O-])c1ccccc1. The number of rotatable bonds is 8. The summed E-state index contributed by atoms with van der Waals surface area (Å²) in [5, 5.41) is 19.9. The van der Waals surface area contributed by atoms with Gasteiger partial charge in [-0.2, -0.15) is 5.10 Å². The zero-order chi connectivity index (χ0) is 17.5. The molecular formula is C16H21N5O3. The molecule has 24 heavy (non-hydrogen) atoms. The normalized spacial score (nSPS) is 10.4. The predicted molar refractivity (Wildman–Crippen MR) is 91.3 cm³/mol. The molecule has 0 saturated heterocycles. The Bertz CT molecular complexity index is 699. The Kier molecular flexibility index (Phi) is 5.89. The van der Waals surface area contributed by atoms with E-state index in [4.69, 9.17) is 0 Å². The second-order valence-corrected chi connectivity index (χ2v) is 5.33. The summed E-state index contributed by atoms with van der Waals surface area (Å²) < 4.78 is 0. The number of H-pyrrole nitrogens is 1. The van der Waals surface area contributed by atoms with Crippen molar-refractivity contribution in [1.82, 2.24) is 15.5 Å². The van der Waals surface area contributed by atoms with Gasteiger partial charge < -0.3 is 10.2 Å². The number of nitrogens with one attached hydrogen (secondary N) is 2. The number of anilines is 1. The van der Waals surface area contributed by atoms with E-state index in [2.05, 4.69) is 27.3 Å². The molecule has 1 aromatic heterocycles. The Labute approximate surface area is 140 Å². The number of carbonyl (C=O) groups is 1. The quantitative estimate of drug-likeness (QED) is 0.439. The van der Waals surface area contributed by atoms with Crippen LogP contribution in [-0.2, 0) is 0 Å². The average Bonchev–Trinajstić information content (AvgIpc) is 2.97. The van der Waals surface area contributed by atoms with Gasteiger partial charge in [0.15, 0.2) is 0 Å². The fourth-order valence-corrected chi connectivity index (χ4v) is 2.47. The van der Waals surface area contributed by atoms with Crippen LogP contribution in [0.4, 0.5) is 11.4 Å². The highest BCUT2D eigenvalue weighted by Crippen LogP contribution is 2.19. The minimum atomic E-state index is -0.595. The van der Waals surface area contributed by atoms with Crippen molar-refractivity contribution in [1.29, 1.82) is 0 Å². The number of aromatic amines is 1. The number of carbonyl (C=O) groups excluding carboxylic acids is 1. The van der Waals surface area contributed by atoms with Gasteiger partial charge in [0.25, 0.3) is 5.91 Å². The van der Waals surface area contributed by atoms with E-state index >= 15 is 0 Å². The fraction of sp³-hybridized carbons (Fsp3) is 0.375. The summed E-state index contributed by atoms with van der Waals surface area (Å²) in [5.41, 5.74) is 0.955. The molecule has 1 heterocycles. The first kappa shape index (κ1) is 17.5. The minimum Gasteiger partial charge on any atom is -0.372 e. The molecule has 0 radical (unpaired) electrons. The van der Waals surface area contributed by atoms with E-state index in [1.54, 1.807) is 0 Å². The summed E-state index contributed by atoms with van der Waals surface area (Å²) >= 11 is 0. The van der Waals surface area contributed by atoms with Gasteiger partial charge >= 0.3 is 5.69 Å². The third kappa shape index (κ3) is 4.09. The zero-order valence-electron chi connectivity index (χ0n) is 13.8. The van der Waals surface area contributed by atoms with Crippen molar-refractivity contribution in [2.24, 2.45) is 0 Å². The molecule has 0 aliphatic rings. The summed E-state index contributed by atoms with van der Waals surface area (Å²) in [6.45, 7) is 5.65. The van der Waals surface area contributed by atoms with Crippen LogP contribution in [0.25, 0.3) is 0 Å². The van der Waals surface area contributed by atoms with E-state index in [0.29, 0.717) is 6.54 Å². The molecule has 0 unspecified atom stereocenters. The van der Waals surface area contributed by atoms with E-state index in [1.165, 1.54) is 6.92 Å². The summed E-state index contributed by atoms with van der Waals surface area (Å²) in [4.78, 5) is 24.6. The number of aromatic nitrogens is 2. The summed E-state index contributed by atoms with van der Waals surface area (Å²) in [5.74, 6) is -0.534. The van der Waals surface area contributed by atoms with Crippen molar-refractivity contribution >= 4 is 17.3 Å². The van der Waals surface area contributed by atoms with Gasteiger partial charge in [0.1, 0.15) is 5.69 Å². The molecule has 8 heteroatoms. The topological polar surface area (TPSA) is 104 Å². The fourth-order valence-electron chi connectivity index (χ4n) is 2.47. The molecule has 1 amide bonds. The maximum atomic E-state index is 12.1. The van der Waals surface area contributed by atoms with Gasteiger partial charge in [0.05, 0.1) is 4.92 Å². The van der Waals surface area contributed by atoms with Crippen molar-refractivity contribution in [3.8, 4) is 0 Å². The molecule has 2 N–H and O–H groups in total. The molecule has 0 bridgehead atoms. The van der Waals surface area contributed by atoms with Crippen molar-refractivity contribution in [3.63, 3.8) is 0 Å². The van der Waals surface area contributed by atoms with Crippen LogP contribution in [0.3, 0.4) is 0 Å². The van der Waals surface area contributed by atoms with Gasteiger partial charge in [-0.15, -0.1) is 0 Å².